The molecule has 0 saturated heterocycles. The lowest BCUT2D eigenvalue weighted by Crippen LogP contribution is -2.36. The summed E-state index contributed by atoms with van der Waals surface area (Å²) in [4.78, 5) is 18.8. The average molecular weight is 315 g/mol. The van der Waals surface area contributed by atoms with Crippen LogP contribution in [0.2, 0.25) is 0 Å². The van der Waals surface area contributed by atoms with E-state index in [1.807, 2.05) is 32.2 Å². The van der Waals surface area contributed by atoms with Crippen LogP contribution in [0.5, 0.6) is 0 Å². The number of benzene rings is 1. The minimum atomic E-state index is -0.105. The monoisotopic (exact) mass is 315 g/mol. The first kappa shape index (κ1) is 14.5. The lowest BCUT2D eigenvalue weighted by molar-refractivity contribution is 0.0728. The molecule has 2 aromatic heterocycles. The highest BCUT2D eigenvalue weighted by molar-refractivity contribution is 6.31. The van der Waals surface area contributed by atoms with E-state index in [-0.39, 0.29) is 5.91 Å². The first-order chi connectivity index (χ1) is 11.6. The third-order valence-corrected chi connectivity index (χ3v) is 4.30. The van der Waals surface area contributed by atoms with Gasteiger partial charge in [0.1, 0.15) is 7.85 Å². The Morgan fingerprint density at radius 3 is 3.00 bits per heavy atom. The third-order valence-electron chi connectivity index (χ3n) is 4.30. The Labute approximate surface area is 139 Å². The summed E-state index contributed by atoms with van der Waals surface area (Å²) in [5.74, 6) is -0.105. The van der Waals surface area contributed by atoms with Gasteiger partial charge in [-0.05, 0) is 29.7 Å². The molecular weight excluding hydrogens is 301 g/mol. The Balaban J connectivity index is 1.63. The van der Waals surface area contributed by atoms with Crippen molar-refractivity contribution in [2.24, 2.45) is 0 Å². The van der Waals surface area contributed by atoms with Crippen LogP contribution in [0.15, 0.2) is 36.7 Å². The number of nitriles is 1. The molecule has 0 spiro atoms. The Kier molecular flexibility index (Phi) is 3.31. The predicted molar refractivity (Wildman–Crippen MR) is 90.8 cm³/mol. The molecule has 3 aromatic rings. The average Bonchev–Trinajstić information content (AvgIpc) is 3.03. The summed E-state index contributed by atoms with van der Waals surface area (Å²) >= 11 is 0. The quantitative estimate of drug-likeness (QED) is 0.595. The number of amides is 1. The number of hydrogen-bond donors (Lipinski definition) is 0. The van der Waals surface area contributed by atoms with Crippen molar-refractivity contribution >= 4 is 24.9 Å². The summed E-state index contributed by atoms with van der Waals surface area (Å²) < 4.78 is 1.63. The van der Waals surface area contributed by atoms with E-state index in [4.69, 9.17) is 5.26 Å². The maximum atomic E-state index is 12.8. The Bertz CT molecular complexity index is 1000. The van der Waals surface area contributed by atoms with Gasteiger partial charge in [-0.1, -0.05) is 11.5 Å². The number of rotatable bonds is 1. The fraction of sp³-hybridized carbons (Fsp3) is 0.176. The molecule has 7 heteroatoms. The van der Waals surface area contributed by atoms with Crippen molar-refractivity contribution in [3.05, 3.63) is 59.0 Å². The highest BCUT2D eigenvalue weighted by Gasteiger charge is 2.24. The zero-order valence-corrected chi connectivity index (χ0v) is 13.2. The van der Waals surface area contributed by atoms with Crippen molar-refractivity contribution in [1.82, 2.24) is 19.5 Å². The maximum absolute atomic E-state index is 12.8. The van der Waals surface area contributed by atoms with Crippen molar-refractivity contribution in [2.45, 2.75) is 13.0 Å². The second-order valence-electron chi connectivity index (χ2n) is 6.04. The van der Waals surface area contributed by atoms with Crippen LogP contribution in [-0.4, -0.2) is 39.8 Å². The molecule has 0 fully saturated rings. The van der Waals surface area contributed by atoms with Gasteiger partial charge in [0.15, 0.2) is 11.3 Å². The number of hydrogen-bond acceptors (Lipinski definition) is 4. The summed E-state index contributed by atoms with van der Waals surface area (Å²) in [6.07, 6.45) is 4.40. The van der Waals surface area contributed by atoms with Crippen LogP contribution < -0.4 is 5.46 Å². The molecule has 0 aliphatic carbocycles. The zero-order chi connectivity index (χ0) is 16.7. The first-order valence-corrected chi connectivity index (χ1v) is 7.77. The molecule has 0 radical (unpaired) electrons. The van der Waals surface area contributed by atoms with Gasteiger partial charge < -0.3 is 4.90 Å². The van der Waals surface area contributed by atoms with Gasteiger partial charge in [0.05, 0.1) is 11.6 Å². The molecule has 6 nitrogen and oxygen atoms in total. The largest absolute Gasteiger partial charge is 0.333 e. The Hall–Kier alpha value is -3.14. The highest BCUT2D eigenvalue weighted by atomic mass is 16.2. The van der Waals surface area contributed by atoms with Crippen LogP contribution in [0.25, 0.3) is 5.65 Å². The fourth-order valence-corrected chi connectivity index (χ4v) is 3.04. The number of carbonyl (C=O) groups excluding carboxylic acids is 1. The summed E-state index contributed by atoms with van der Waals surface area (Å²) in [7, 11) is 1.93. The van der Waals surface area contributed by atoms with Gasteiger partial charge in [-0.2, -0.15) is 10.4 Å². The molecule has 0 bridgehead atoms. The summed E-state index contributed by atoms with van der Waals surface area (Å²) in [5.41, 5.74) is 4.90. The molecule has 1 aliphatic heterocycles. The van der Waals surface area contributed by atoms with E-state index in [1.54, 1.807) is 21.7 Å². The van der Waals surface area contributed by atoms with Crippen LogP contribution in [-0.2, 0) is 13.0 Å². The minimum Gasteiger partial charge on any atom is -0.333 e. The fourth-order valence-electron chi connectivity index (χ4n) is 3.04. The van der Waals surface area contributed by atoms with E-state index in [0.717, 1.165) is 17.4 Å². The van der Waals surface area contributed by atoms with Gasteiger partial charge >= 0.3 is 0 Å². The van der Waals surface area contributed by atoms with Gasteiger partial charge in [-0.3, -0.25) is 4.79 Å². The molecule has 0 saturated carbocycles. The third kappa shape index (κ3) is 2.42. The SMILES string of the molecule is Bc1cnc2cc(C(=O)N3CCc4ccc(C#N)cc4C3)nn2c1. The van der Waals surface area contributed by atoms with Crippen LogP contribution in [0.1, 0.15) is 27.2 Å². The molecule has 0 N–H and O–H groups in total. The van der Waals surface area contributed by atoms with Gasteiger partial charge in [0.2, 0.25) is 0 Å². The standard InChI is InChI=1S/C17H14BN5O/c18-14-8-20-16-6-15(21-23(16)10-14)17(24)22-4-3-12-2-1-11(7-19)5-13(12)9-22/h1-2,5-6,8,10H,3-4,9,18H2. The molecule has 3 heterocycles. The second-order valence-corrected chi connectivity index (χ2v) is 6.04. The smallest absolute Gasteiger partial charge is 0.274 e. The normalized spacial score (nSPS) is 13.5. The first-order valence-electron chi connectivity index (χ1n) is 7.77. The van der Waals surface area contributed by atoms with E-state index in [9.17, 15) is 4.79 Å². The van der Waals surface area contributed by atoms with E-state index in [0.29, 0.717) is 30.0 Å². The molecule has 0 unspecified atom stereocenters. The summed E-state index contributed by atoms with van der Waals surface area (Å²) in [6.45, 7) is 1.15. The predicted octanol–water partition coefficient (Wildman–Crippen LogP) is 0.0579. The Morgan fingerprint density at radius 1 is 1.29 bits per heavy atom. The van der Waals surface area contributed by atoms with Crippen molar-refractivity contribution < 1.29 is 4.79 Å². The zero-order valence-electron chi connectivity index (χ0n) is 13.2. The van der Waals surface area contributed by atoms with Crippen LogP contribution in [0.3, 0.4) is 0 Å². The topological polar surface area (TPSA) is 74.3 Å². The number of aromatic nitrogens is 3. The van der Waals surface area contributed by atoms with E-state index < -0.39 is 0 Å². The van der Waals surface area contributed by atoms with E-state index in [1.165, 1.54) is 5.56 Å². The molecule has 1 amide bonds. The van der Waals surface area contributed by atoms with Crippen molar-refractivity contribution in [2.75, 3.05) is 6.54 Å². The van der Waals surface area contributed by atoms with Gasteiger partial charge in [0, 0.05) is 31.5 Å². The molecule has 0 atom stereocenters. The summed E-state index contributed by atoms with van der Waals surface area (Å²) in [5, 5.41) is 13.4. The van der Waals surface area contributed by atoms with E-state index in [2.05, 4.69) is 16.2 Å². The lowest BCUT2D eigenvalue weighted by atomic mass is 9.97. The Morgan fingerprint density at radius 2 is 2.17 bits per heavy atom. The van der Waals surface area contributed by atoms with Crippen molar-refractivity contribution in [3.8, 4) is 6.07 Å². The van der Waals surface area contributed by atoms with Gasteiger partial charge in [0.25, 0.3) is 5.91 Å². The number of fused-ring (bicyclic) bond motifs is 2. The molecule has 1 aliphatic rings. The summed E-state index contributed by atoms with van der Waals surface area (Å²) in [6, 6.07) is 9.53. The maximum Gasteiger partial charge on any atom is 0.274 e. The highest BCUT2D eigenvalue weighted by Crippen LogP contribution is 2.21. The van der Waals surface area contributed by atoms with E-state index >= 15 is 0 Å². The van der Waals surface area contributed by atoms with Crippen molar-refractivity contribution in [3.63, 3.8) is 0 Å². The molecular formula is C17H14BN5O. The molecule has 4 rings (SSSR count). The second kappa shape index (κ2) is 5.50. The number of nitrogens with zero attached hydrogens (tertiary/aromatic N) is 5. The van der Waals surface area contributed by atoms with Crippen LogP contribution >= 0.6 is 0 Å². The van der Waals surface area contributed by atoms with Gasteiger partial charge in [-0.25, -0.2) is 9.50 Å². The molecule has 1 aromatic carbocycles. The van der Waals surface area contributed by atoms with Crippen LogP contribution in [0.4, 0.5) is 0 Å². The molecule has 24 heavy (non-hydrogen) atoms. The minimum absolute atomic E-state index is 0.105. The number of carbonyl (C=O) groups is 1. The van der Waals surface area contributed by atoms with Gasteiger partial charge in [-0.15, -0.1) is 0 Å². The van der Waals surface area contributed by atoms with Crippen LogP contribution in [0, 0.1) is 11.3 Å². The van der Waals surface area contributed by atoms with Crippen molar-refractivity contribution in [1.29, 1.82) is 5.26 Å². The molecule has 116 valence electrons. The lowest BCUT2D eigenvalue weighted by Gasteiger charge is -2.28.